The summed E-state index contributed by atoms with van der Waals surface area (Å²) < 4.78 is 5.39. The van der Waals surface area contributed by atoms with Gasteiger partial charge >= 0.3 is 0 Å². The third-order valence-corrected chi connectivity index (χ3v) is 2.06. The second-order valence-electron chi connectivity index (χ2n) is 3.24. The Balaban J connectivity index is 2.58. The van der Waals surface area contributed by atoms with E-state index in [-0.39, 0.29) is 0 Å². The third kappa shape index (κ3) is 3.13. The standard InChI is InChI=1S/C11H15N3O/c1-2-3-4-7-15-11-10(13)9(8-12)5-6-14-11/h5-6H,2-4,7,13H2,1H3. The van der Waals surface area contributed by atoms with Crippen LogP contribution in [0, 0.1) is 11.3 Å². The van der Waals surface area contributed by atoms with Crippen LogP contribution in [0.25, 0.3) is 0 Å². The summed E-state index contributed by atoms with van der Waals surface area (Å²) in [7, 11) is 0. The van der Waals surface area contributed by atoms with Gasteiger partial charge in [-0.2, -0.15) is 5.26 Å². The molecule has 0 atom stereocenters. The fraction of sp³-hybridized carbons (Fsp3) is 0.455. The number of nitrogens with two attached hydrogens (primary N) is 1. The van der Waals surface area contributed by atoms with E-state index in [0.29, 0.717) is 23.7 Å². The van der Waals surface area contributed by atoms with Gasteiger partial charge in [-0.1, -0.05) is 19.8 Å². The van der Waals surface area contributed by atoms with Crippen LogP contribution in [0.15, 0.2) is 12.3 Å². The molecule has 0 aliphatic heterocycles. The number of nitrogens with zero attached hydrogens (tertiary/aromatic N) is 2. The van der Waals surface area contributed by atoms with Crippen molar-refractivity contribution in [3.8, 4) is 11.9 Å². The largest absolute Gasteiger partial charge is 0.476 e. The van der Waals surface area contributed by atoms with Gasteiger partial charge in [0.05, 0.1) is 12.2 Å². The molecule has 0 fully saturated rings. The number of rotatable bonds is 5. The van der Waals surface area contributed by atoms with E-state index >= 15 is 0 Å². The first-order chi connectivity index (χ1) is 7.29. The zero-order valence-corrected chi connectivity index (χ0v) is 8.86. The quantitative estimate of drug-likeness (QED) is 0.747. The molecule has 2 N–H and O–H groups in total. The highest BCUT2D eigenvalue weighted by molar-refractivity contribution is 5.59. The molecule has 0 aromatic carbocycles. The first-order valence-electron chi connectivity index (χ1n) is 5.07. The molecule has 1 aromatic heterocycles. The number of anilines is 1. The summed E-state index contributed by atoms with van der Waals surface area (Å²) >= 11 is 0. The highest BCUT2D eigenvalue weighted by Gasteiger charge is 2.06. The van der Waals surface area contributed by atoms with Gasteiger partial charge in [-0.3, -0.25) is 0 Å². The Kier molecular flexibility index (Phi) is 4.42. The van der Waals surface area contributed by atoms with Crippen molar-refractivity contribution in [2.24, 2.45) is 0 Å². The van der Waals surface area contributed by atoms with Gasteiger partial charge in [0.2, 0.25) is 5.88 Å². The zero-order chi connectivity index (χ0) is 11.1. The SMILES string of the molecule is CCCCCOc1nccc(C#N)c1N. The summed E-state index contributed by atoms with van der Waals surface area (Å²) in [5.41, 5.74) is 6.44. The molecule has 4 nitrogen and oxygen atoms in total. The first kappa shape index (κ1) is 11.3. The van der Waals surface area contributed by atoms with Crippen molar-refractivity contribution >= 4 is 5.69 Å². The third-order valence-electron chi connectivity index (χ3n) is 2.06. The minimum Gasteiger partial charge on any atom is -0.476 e. The minimum atomic E-state index is 0.330. The van der Waals surface area contributed by atoms with Crippen molar-refractivity contribution in [2.75, 3.05) is 12.3 Å². The average Bonchev–Trinajstić information content (AvgIpc) is 2.26. The summed E-state index contributed by atoms with van der Waals surface area (Å²) in [5.74, 6) is 0.366. The van der Waals surface area contributed by atoms with Crippen LogP contribution in [0.1, 0.15) is 31.7 Å². The summed E-state index contributed by atoms with van der Waals surface area (Å²) in [6.07, 6.45) is 4.78. The summed E-state index contributed by atoms with van der Waals surface area (Å²) in [6.45, 7) is 2.73. The number of unbranched alkanes of at least 4 members (excludes halogenated alkanes) is 2. The summed E-state index contributed by atoms with van der Waals surface area (Å²) in [5, 5.41) is 8.74. The monoisotopic (exact) mass is 205 g/mol. The fourth-order valence-corrected chi connectivity index (χ4v) is 1.19. The van der Waals surface area contributed by atoms with Crippen LogP contribution in [0.5, 0.6) is 5.88 Å². The van der Waals surface area contributed by atoms with Crippen LogP contribution in [0.4, 0.5) is 5.69 Å². The lowest BCUT2D eigenvalue weighted by Crippen LogP contribution is -2.03. The number of aromatic nitrogens is 1. The Morgan fingerprint density at radius 2 is 2.33 bits per heavy atom. The van der Waals surface area contributed by atoms with Crippen LogP contribution in [-0.4, -0.2) is 11.6 Å². The van der Waals surface area contributed by atoms with E-state index in [1.165, 1.54) is 6.20 Å². The molecule has 0 saturated heterocycles. The molecular formula is C11H15N3O. The molecule has 0 radical (unpaired) electrons. The van der Waals surface area contributed by atoms with Crippen LogP contribution in [0.2, 0.25) is 0 Å². The molecule has 15 heavy (non-hydrogen) atoms. The van der Waals surface area contributed by atoms with E-state index in [0.717, 1.165) is 19.3 Å². The maximum absolute atomic E-state index is 8.74. The normalized spacial score (nSPS) is 9.60. The van der Waals surface area contributed by atoms with Gasteiger partial charge in [0.25, 0.3) is 0 Å². The molecular weight excluding hydrogens is 190 g/mol. The van der Waals surface area contributed by atoms with Crippen LogP contribution in [-0.2, 0) is 0 Å². The fourth-order valence-electron chi connectivity index (χ4n) is 1.19. The summed E-state index contributed by atoms with van der Waals surface area (Å²) in [6, 6.07) is 3.57. The van der Waals surface area contributed by atoms with Gasteiger partial charge in [-0.25, -0.2) is 4.98 Å². The lowest BCUT2D eigenvalue weighted by molar-refractivity contribution is 0.296. The predicted molar refractivity (Wildman–Crippen MR) is 58.4 cm³/mol. The Labute approximate surface area is 89.7 Å². The molecule has 80 valence electrons. The van der Waals surface area contributed by atoms with E-state index in [4.69, 9.17) is 15.7 Å². The van der Waals surface area contributed by atoms with Crippen LogP contribution in [0.3, 0.4) is 0 Å². The van der Waals surface area contributed by atoms with Gasteiger partial charge in [0.1, 0.15) is 11.8 Å². The second kappa shape index (κ2) is 5.86. The van der Waals surface area contributed by atoms with Crippen LogP contribution >= 0.6 is 0 Å². The molecule has 1 aromatic rings. The molecule has 0 aliphatic rings. The summed E-state index contributed by atoms with van der Waals surface area (Å²) in [4.78, 5) is 3.99. The molecule has 1 rings (SSSR count). The average molecular weight is 205 g/mol. The van der Waals surface area contributed by atoms with Gasteiger partial charge in [-0.15, -0.1) is 0 Å². The molecule has 4 heteroatoms. The van der Waals surface area contributed by atoms with E-state index in [2.05, 4.69) is 11.9 Å². The van der Waals surface area contributed by atoms with E-state index < -0.39 is 0 Å². The van der Waals surface area contributed by atoms with E-state index in [1.54, 1.807) is 6.07 Å². The molecule has 0 amide bonds. The lowest BCUT2D eigenvalue weighted by atomic mass is 10.2. The Morgan fingerprint density at radius 3 is 3.00 bits per heavy atom. The molecule has 1 heterocycles. The lowest BCUT2D eigenvalue weighted by Gasteiger charge is -2.07. The smallest absolute Gasteiger partial charge is 0.238 e. The molecule has 0 bridgehead atoms. The van der Waals surface area contributed by atoms with Gasteiger partial charge < -0.3 is 10.5 Å². The highest BCUT2D eigenvalue weighted by Crippen LogP contribution is 2.21. The Morgan fingerprint density at radius 1 is 1.53 bits per heavy atom. The number of nitriles is 1. The molecule has 0 saturated carbocycles. The van der Waals surface area contributed by atoms with E-state index in [1.807, 2.05) is 6.07 Å². The maximum Gasteiger partial charge on any atom is 0.238 e. The number of ether oxygens (including phenoxy) is 1. The first-order valence-corrected chi connectivity index (χ1v) is 5.07. The van der Waals surface area contributed by atoms with Crippen molar-refractivity contribution in [1.29, 1.82) is 5.26 Å². The van der Waals surface area contributed by atoms with Gasteiger partial charge in [0, 0.05) is 6.20 Å². The van der Waals surface area contributed by atoms with Crippen molar-refractivity contribution < 1.29 is 4.74 Å². The van der Waals surface area contributed by atoms with Gasteiger partial charge in [0.15, 0.2) is 0 Å². The Hall–Kier alpha value is -1.76. The van der Waals surface area contributed by atoms with Crippen molar-refractivity contribution in [2.45, 2.75) is 26.2 Å². The van der Waals surface area contributed by atoms with Crippen molar-refractivity contribution in [3.63, 3.8) is 0 Å². The predicted octanol–water partition coefficient (Wildman–Crippen LogP) is 2.10. The molecule has 0 aliphatic carbocycles. The minimum absolute atomic E-state index is 0.330. The van der Waals surface area contributed by atoms with Gasteiger partial charge in [-0.05, 0) is 12.5 Å². The molecule has 0 spiro atoms. The van der Waals surface area contributed by atoms with Crippen molar-refractivity contribution in [3.05, 3.63) is 17.8 Å². The zero-order valence-electron chi connectivity index (χ0n) is 8.86. The number of nitrogen functional groups attached to an aromatic ring is 1. The number of hydrogen-bond acceptors (Lipinski definition) is 4. The van der Waals surface area contributed by atoms with E-state index in [9.17, 15) is 0 Å². The number of pyridine rings is 1. The maximum atomic E-state index is 8.74. The van der Waals surface area contributed by atoms with Crippen LogP contribution < -0.4 is 10.5 Å². The Bertz CT molecular complexity index is 357. The number of hydrogen-bond donors (Lipinski definition) is 1. The molecule has 0 unspecified atom stereocenters. The second-order valence-corrected chi connectivity index (χ2v) is 3.24. The topological polar surface area (TPSA) is 71.9 Å². The highest BCUT2D eigenvalue weighted by atomic mass is 16.5. The van der Waals surface area contributed by atoms with Crippen molar-refractivity contribution in [1.82, 2.24) is 4.98 Å².